The summed E-state index contributed by atoms with van der Waals surface area (Å²) in [6, 6.07) is 9.94. The number of halogens is 1. The van der Waals surface area contributed by atoms with Crippen LogP contribution in [0.4, 0.5) is 4.39 Å². The Morgan fingerprint density at radius 3 is 2.69 bits per heavy atom. The zero-order valence-corrected chi connectivity index (χ0v) is 17.1. The summed E-state index contributed by atoms with van der Waals surface area (Å²) in [5.74, 6) is 1.25. The Balaban J connectivity index is 1.41. The Hall–Kier alpha value is -2.80. The molecule has 0 aliphatic heterocycles. The minimum absolute atomic E-state index is 0.117. The van der Waals surface area contributed by atoms with Crippen molar-refractivity contribution in [2.24, 2.45) is 5.92 Å². The molecule has 1 atom stereocenters. The highest BCUT2D eigenvalue weighted by Crippen LogP contribution is 2.38. The highest BCUT2D eigenvalue weighted by Gasteiger charge is 2.31. The lowest BCUT2D eigenvalue weighted by atomic mass is 10.0. The second kappa shape index (κ2) is 8.29. The van der Waals surface area contributed by atoms with E-state index in [4.69, 9.17) is 4.52 Å². The number of benzene rings is 1. The Morgan fingerprint density at radius 2 is 2.00 bits per heavy atom. The van der Waals surface area contributed by atoms with E-state index in [2.05, 4.69) is 15.5 Å². The maximum atomic E-state index is 13.1. The molecular weight excluding hydrogens is 389 g/mol. The Labute approximate surface area is 172 Å². The molecule has 1 unspecified atom stereocenters. The second-order valence-electron chi connectivity index (χ2n) is 7.54. The van der Waals surface area contributed by atoms with Gasteiger partial charge >= 0.3 is 0 Å². The quantitative estimate of drug-likeness (QED) is 0.533. The molecule has 1 saturated carbocycles. The van der Waals surface area contributed by atoms with Crippen LogP contribution in [-0.4, -0.2) is 16.0 Å². The third-order valence-corrected chi connectivity index (χ3v) is 5.88. The van der Waals surface area contributed by atoms with Crippen molar-refractivity contribution >= 4 is 23.3 Å². The van der Waals surface area contributed by atoms with Crippen LogP contribution >= 0.6 is 11.3 Å². The van der Waals surface area contributed by atoms with Crippen LogP contribution < -0.4 is 5.32 Å². The predicted octanol–water partition coefficient (Wildman–Crippen LogP) is 5.34. The minimum Gasteiger partial charge on any atom is -0.340 e. The van der Waals surface area contributed by atoms with Gasteiger partial charge < -0.3 is 9.84 Å². The molecule has 7 heteroatoms. The van der Waals surface area contributed by atoms with E-state index in [9.17, 15) is 9.18 Å². The van der Waals surface area contributed by atoms with Crippen molar-refractivity contribution in [3.8, 4) is 10.4 Å². The lowest BCUT2D eigenvalue weighted by molar-refractivity contribution is -0.117. The zero-order chi connectivity index (χ0) is 20.4. The van der Waals surface area contributed by atoms with Crippen LogP contribution in [0, 0.1) is 11.7 Å². The first-order valence-electron chi connectivity index (χ1n) is 9.67. The SMILES string of the molecule is CC(C)C(NC(=O)/C=C/c1ccc(-c2ccc(F)cc2)s1)c1nc(C2CC2)no1. The van der Waals surface area contributed by atoms with E-state index in [0.717, 1.165) is 34.0 Å². The van der Waals surface area contributed by atoms with Gasteiger partial charge in [-0.1, -0.05) is 31.1 Å². The summed E-state index contributed by atoms with van der Waals surface area (Å²) in [6.07, 6.45) is 5.48. The molecule has 3 aromatic rings. The lowest BCUT2D eigenvalue weighted by Gasteiger charge is -2.17. The van der Waals surface area contributed by atoms with Gasteiger partial charge in [-0.05, 0) is 54.7 Å². The van der Waals surface area contributed by atoms with Crippen molar-refractivity contribution in [1.82, 2.24) is 15.5 Å². The van der Waals surface area contributed by atoms with Gasteiger partial charge in [0.15, 0.2) is 5.82 Å². The molecular formula is C22H22FN3O2S. The zero-order valence-electron chi connectivity index (χ0n) is 16.3. The van der Waals surface area contributed by atoms with Crippen LogP contribution in [0.2, 0.25) is 0 Å². The molecule has 1 aliphatic rings. The molecule has 0 bridgehead atoms. The van der Waals surface area contributed by atoms with E-state index >= 15 is 0 Å². The fourth-order valence-electron chi connectivity index (χ4n) is 2.97. The average molecular weight is 412 g/mol. The largest absolute Gasteiger partial charge is 0.340 e. The van der Waals surface area contributed by atoms with Gasteiger partial charge in [-0.3, -0.25) is 4.79 Å². The summed E-state index contributed by atoms with van der Waals surface area (Å²) in [6.45, 7) is 4.01. The number of thiophene rings is 1. The number of aromatic nitrogens is 2. The molecule has 1 amide bonds. The van der Waals surface area contributed by atoms with Gasteiger partial charge in [0.1, 0.15) is 11.9 Å². The van der Waals surface area contributed by atoms with E-state index in [0.29, 0.717) is 11.8 Å². The Morgan fingerprint density at radius 1 is 1.24 bits per heavy atom. The topological polar surface area (TPSA) is 68.0 Å². The van der Waals surface area contributed by atoms with Crippen molar-refractivity contribution in [3.63, 3.8) is 0 Å². The standard InChI is InChI=1S/C22H22FN3O2S/c1-13(2)20(22-25-21(26-28-22)15-3-4-15)24-19(27)12-10-17-9-11-18(29-17)14-5-7-16(23)8-6-14/h5-13,15,20H,3-4H2,1-2H3,(H,24,27)/b12-10+. The van der Waals surface area contributed by atoms with Crippen LogP contribution in [0.3, 0.4) is 0 Å². The summed E-state index contributed by atoms with van der Waals surface area (Å²) in [4.78, 5) is 18.9. The molecule has 1 N–H and O–H groups in total. The van der Waals surface area contributed by atoms with Crippen molar-refractivity contribution < 1.29 is 13.7 Å². The molecule has 0 radical (unpaired) electrons. The molecule has 2 aromatic heterocycles. The highest BCUT2D eigenvalue weighted by atomic mass is 32.1. The summed E-state index contributed by atoms with van der Waals surface area (Å²) in [5, 5.41) is 7.00. The molecule has 0 spiro atoms. The first kappa shape index (κ1) is 19.5. The maximum Gasteiger partial charge on any atom is 0.249 e. The molecule has 4 rings (SSSR count). The summed E-state index contributed by atoms with van der Waals surface area (Å²) in [7, 11) is 0. The van der Waals surface area contributed by atoms with Gasteiger partial charge in [0.2, 0.25) is 11.8 Å². The normalized spacial score (nSPS) is 15.2. The molecule has 1 fully saturated rings. The van der Waals surface area contributed by atoms with Gasteiger partial charge in [-0.15, -0.1) is 11.3 Å². The van der Waals surface area contributed by atoms with Crippen LogP contribution in [0.1, 0.15) is 55.2 Å². The number of carbonyl (C=O) groups is 1. The van der Waals surface area contributed by atoms with Gasteiger partial charge in [0.25, 0.3) is 0 Å². The molecule has 150 valence electrons. The van der Waals surface area contributed by atoms with E-state index in [1.165, 1.54) is 29.5 Å². The predicted molar refractivity (Wildman–Crippen MR) is 111 cm³/mol. The third kappa shape index (κ3) is 4.79. The smallest absolute Gasteiger partial charge is 0.249 e. The van der Waals surface area contributed by atoms with E-state index in [-0.39, 0.29) is 23.7 Å². The maximum absolute atomic E-state index is 13.1. The van der Waals surface area contributed by atoms with E-state index in [1.54, 1.807) is 18.2 Å². The van der Waals surface area contributed by atoms with Crippen LogP contribution in [-0.2, 0) is 4.79 Å². The number of hydrogen-bond acceptors (Lipinski definition) is 5. The fraction of sp³-hybridized carbons (Fsp3) is 0.318. The van der Waals surface area contributed by atoms with Crippen molar-refractivity contribution in [3.05, 3.63) is 64.9 Å². The van der Waals surface area contributed by atoms with Gasteiger partial charge in [0, 0.05) is 21.7 Å². The number of carbonyl (C=O) groups excluding carboxylic acids is 1. The molecule has 0 saturated heterocycles. The van der Waals surface area contributed by atoms with E-state index < -0.39 is 0 Å². The molecule has 2 heterocycles. The highest BCUT2D eigenvalue weighted by molar-refractivity contribution is 7.16. The van der Waals surface area contributed by atoms with Crippen LogP contribution in [0.25, 0.3) is 16.5 Å². The van der Waals surface area contributed by atoms with Gasteiger partial charge in [0.05, 0.1) is 0 Å². The molecule has 1 aliphatic carbocycles. The van der Waals surface area contributed by atoms with Crippen molar-refractivity contribution in [2.75, 3.05) is 0 Å². The number of nitrogens with zero attached hydrogens (tertiary/aromatic N) is 2. The monoisotopic (exact) mass is 411 g/mol. The summed E-state index contributed by atoms with van der Waals surface area (Å²) < 4.78 is 18.5. The summed E-state index contributed by atoms with van der Waals surface area (Å²) in [5.41, 5.74) is 0.947. The number of amides is 1. The summed E-state index contributed by atoms with van der Waals surface area (Å²) >= 11 is 1.54. The fourth-order valence-corrected chi connectivity index (χ4v) is 3.88. The Bertz CT molecular complexity index is 1020. The van der Waals surface area contributed by atoms with Gasteiger partial charge in [-0.25, -0.2) is 4.39 Å². The Kier molecular flexibility index (Phi) is 5.58. The van der Waals surface area contributed by atoms with Gasteiger partial charge in [-0.2, -0.15) is 4.98 Å². The van der Waals surface area contributed by atoms with Crippen LogP contribution in [0.15, 0.2) is 47.0 Å². The molecule has 29 heavy (non-hydrogen) atoms. The number of nitrogens with one attached hydrogen (secondary N) is 1. The average Bonchev–Trinajstić information content (AvgIpc) is 3.25. The van der Waals surface area contributed by atoms with Crippen LogP contribution in [0.5, 0.6) is 0 Å². The molecule has 1 aromatic carbocycles. The number of rotatable bonds is 7. The van der Waals surface area contributed by atoms with Crippen molar-refractivity contribution in [1.29, 1.82) is 0 Å². The minimum atomic E-state index is -0.328. The molecule has 5 nitrogen and oxygen atoms in total. The van der Waals surface area contributed by atoms with Crippen molar-refractivity contribution in [2.45, 2.75) is 38.6 Å². The lowest BCUT2D eigenvalue weighted by Crippen LogP contribution is -2.30. The second-order valence-corrected chi connectivity index (χ2v) is 8.65. The first-order chi connectivity index (χ1) is 14.0. The third-order valence-electron chi connectivity index (χ3n) is 4.78. The first-order valence-corrected chi connectivity index (χ1v) is 10.5. The van der Waals surface area contributed by atoms with E-state index in [1.807, 2.05) is 26.0 Å². The number of hydrogen-bond donors (Lipinski definition) is 1.